The zero-order chi connectivity index (χ0) is 13.1. The number of nitrogens with two attached hydrogens (primary N) is 1. The number of hydrogen-bond donors (Lipinski definition) is 2. The number of urea groups is 1. The van der Waals surface area contributed by atoms with Gasteiger partial charge in [-0.2, -0.15) is 0 Å². The summed E-state index contributed by atoms with van der Waals surface area (Å²) in [6.45, 7) is 3.89. The summed E-state index contributed by atoms with van der Waals surface area (Å²) >= 11 is 3.40. The molecule has 1 aromatic rings. The maximum absolute atomic E-state index is 12.1. The van der Waals surface area contributed by atoms with Gasteiger partial charge in [-0.15, -0.1) is 0 Å². The van der Waals surface area contributed by atoms with Gasteiger partial charge in [-0.25, -0.2) is 4.79 Å². The van der Waals surface area contributed by atoms with Crippen LogP contribution < -0.4 is 11.1 Å². The number of amides is 2. The molecule has 1 heterocycles. The molecule has 0 aliphatic carbocycles. The minimum absolute atomic E-state index is 0.0348. The van der Waals surface area contributed by atoms with Crippen LogP contribution in [0.4, 0.5) is 16.2 Å². The Kier molecular flexibility index (Phi) is 4.11. The van der Waals surface area contributed by atoms with E-state index in [1.807, 2.05) is 11.0 Å². The fourth-order valence-corrected chi connectivity index (χ4v) is 2.53. The minimum atomic E-state index is -0.0348. The van der Waals surface area contributed by atoms with Crippen LogP contribution >= 0.6 is 15.9 Å². The molecule has 0 saturated carbocycles. The second-order valence-corrected chi connectivity index (χ2v) is 5.69. The van der Waals surface area contributed by atoms with E-state index in [9.17, 15) is 4.79 Å². The number of likely N-dealkylation sites (tertiary alicyclic amines) is 1. The van der Waals surface area contributed by atoms with Gasteiger partial charge in [0.2, 0.25) is 0 Å². The summed E-state index contributed by atoms with van der Waals surface area (Å²) in [7, 11) is 0. The van der Waals surface area contributed by atoms with Gasteiger partial charge in [0, 0.05) is 23.2 Å². The monoisotopic (exact) mass is 311 g/mol. The Bertz CT molecular complexity index is 442. The molecule has 1 aromatic carbocycles. The fraction of sp³-hybridized carbons (Fsp3) is 0.462. The maximum atomic E-state index is 12.1. The van der Waals surface area contributed by atoms with Gasteiger partial charge in [0.1, 0.15) is 0 Å². The highest BCUT2D eigenvalue weighted by Crippen LogP contribution is 2.25. The van der Waals surface area contributed by atoms with E-state index in [1.54, 1.807) is 12.1 Å². The lowest BCUT2D eigenvalue weighted by atomic mass is 10.00. The molecule has 18 heavy (non-hydrogen) atoms. The summed E-state index contributed by atoms with van der Waals surface area (Å²) in [5.74, 6) is 0.720. The number of benzene rings is 1. The Morgan fingerprint density at radius 1 is 1.44 bits per heavy atom. The molecule has 2 rings (SSSR count). The number of rotatable bonds is 1. The van der Waals surface area contributed by atoms with Crippen LogP contribution in [0.5, 0.6) is 0 Å². The predicted molar refractivity (Wildman–Crippen MR) is 77.5 cm³/mol. The molecule has 2 amide bonds. The van der Waals surface area contributed by atoms with E-state index in [2.05, 4.69) is 28.2 Å². The highest BCUT2D eigenvalue weighted by atomic mass is 79.9. The van der Waals surface area contributed by atoms with Crippen LogP contribution in [-0.4, -0.2) is 24.0 Å². The van der Waals surface area contributed by atoms with Crippen molar-refractivity contribution in [3.63, 3.8) is 0 Å². The average molecular weight is 312 g/mol. The smallest absolute Gasteiger partial charge is 0.321 e. The van der Waals surface area contributed by atoms with E-state index in [4.69, 9.17) is 5.73 Å². The minimum Gasteiger partial charge on any atom is -0.399 e. The Labute approximate surface area is 116 Å². The second-order valence-electron chi connectivity index (χ2n) is 4.84. The van der Waals surface area contributed by atoms with Crippen molar-refractivity contribution < 1.29 is 4.79 Å². The van der Waals surface area contributed by atoms with Crippen molar-refractivity contribution in [3.8, 4) is 0 Å². The maximum Gasteiger partial charge on any atom is 0.321 e. The van der Waals surface area contributed by atoms with Gasteiger partial charge < -0.3 is 16.0 Å². The third-order valence-electron chi connectivity index (χ3n) is 3.31. The van der Waals surface area contributed by atoms with Crippen LogP contribution in [0, 0.1) is 5.92 Å². The third-order valence-corrected chi connectivity index (χ3v) is 3.96. The van der Waals surface area contributed by atoms with Gasteiger partial charge in [0.25, 0.3) is 0 Å². The van der Waals surface area contributed by atoms with E-state index in [1.165, 1.54) is 0 Å². The molecule has 0 spiro atoms. The lowest BCUT2D eigenvalue weighted by Crippen LogP contribution is -2.40. The molecule has 1 fully saturated rings. The number of carbonyl (C=O) groups is 1. The number of nitrogens with zero attached hydrogens (tertiary/aromatic N) is 1. The van der Waals surface area contributed by atoms with Crippen molar-refractivity contribution in [1.29, 1.82) is 0 Å². The number of carbonyl (C=O) groups excluding carboxylic acids is 1. The molecule has 1 saturated heterocycles. The van der Waals surface area contributed by atoms with Gasteiger partial charge in [-0.05, 0) is 52.9 Å². The first-order valence-electron chi connectivity index (χ1n) is 6.17. The number of piperidine rings is 1. The van der Waals surface area contributed by atoms with Gasteiger partial charge in [0.15, 0.2) is 0 Å². The summed E-state index contributed by atoms with van der Waals surface area (Å²) in [6, 6.07) is 5.34. The van der Waals surface area contributed by atoms with E-state index < -0.39 is 0 Å². The topological polar surface area (TPSA) is 58.4 Å². The van der Waals surface area contributed by atoms with Crippen molar-refractivity contribution in [3.05, 3.63) is 22.7 Å². The summed E-state index contributed by atoms with van der Waals surface area (Å²) in [4.78, 5) is 13.9. The lowest BCUT2D eigenvalue weighted by molar-refractivity contribution is 0.186. The van der Waals surface area contributed by atoms with Crippen LogP contribution in [-0.2, 0) is 0 Å². The lowest BCUT2D eigenvalue weighted by Gasteiger charge is -2.30. The van der Waals surface area contributed by atoms with Gasteiger partial charge in [-0.3, -0.25) is 0 Å². The molecular weight excluding hydrogens is 294 g/mol. The van der Waals surface area contributed by atoms with Crippen molar-refractivity contribution in [2.45, 2.75) is 19.8 Å². The van der Waals surface area contributed by atoms with E-state index in [-0.39, 0.29) is 6.03 Å². The number of halogens is 1. The SMILES string of the molecule is CC1CCN(C(=O)Nc2ccc(N)cc2Br)CC1. The summed E-state index contributed by atoms with van der Waals surface area (Å²) in [5.41, 5.74) is 7.09. The molecule has 0 radical (unpaired) electrons. The first-order chi connectivity index (χ1) is 8.56. The highest BCUT2D eigenvalue weighted by molar-refractivity contribution is 9.10. The number of nitrogen functional groups attached to an aromatic ring is 1. The zero-order valence-electron chi connectivity index (χ0n) is 10.4. The Balaban J connectivity index is 1.98. The van der Waals surface area contributed by atoms with Crippen LogP contribution in [0.15, 0.2) is 22.7 Å². The average Bonchev–Trinajstić information content (AvgIpc) is 2.33. The third kappa shape index (κ3) is 3.16. The number of hydrogen-bond acceptors (Lipinski definition) is 2. The Morgan fingerprint density at radius 3 is 2.72 bits per heavy atom. The molecule has 0 aromatic heterocycles. The molecule has 0 bridgehead atoms. The van der Waals surface area contributed by atoms with E-state index >= 15 is 0 Å². The molecule has 0 atom stereocenters. The standard InChI is InChI=1S/C13H18BrN3O/c1-9-4-6-17(7-5-9)13(18)16-12-3-2-10(15)8-11(12)14/h2-3,8-9H,4-7,15H2,1H3,(H,16,18). The fourth-order valence-electron chi connectivity index (χ4n) is 2.04. The predicted octanol–water partition coefficient (Wildman–Crippen LogP) is 3.30. The van der Waals surface area contributed by atoms with Crippen LogP contribution in [0.3, 0.4) is 0 Å². The van der Waals surface area contributed by atoms with Crippen molar-refractivity contribution >= 4 is 33.3 Å². The molecule has 1 aliphatic rings. The zero-order valence-corrected chi connectivity index (χ0v) is 12.0. The van der Waals surface area contributed by atoms with E-state index in [0.29, 0.717) is 5.69 Å². The quantitative estimate of drug-likeness (QED) is 0.782. The van der Waals surface area contributed by atoms with E-state index in [0.717, 1.165) is 42.0 Å². The summed E-state index contributed by atoms with van der Waals surface area (Å²) < 4.78 is 0.807. The molecule has 5 heteroatoms. The van der Waals surface area contributed by atoms with Gasteiger partial charge >= 0.3 is 6.03 Å². The van der Waals surface area contributed by atoms with Crippen molar-refractivity contribution in [1.82, 2.24) is 4.90 Å². The summed E-state index contributed by atoms with van der Waals surface area (Å²) in [6.07, 6.45) is 2.16. The van der Waals surface area contributed by atoms with Crippen LogP contribution in [0.25, 0.3) is 0 Å². The molecule has 0 unspecified atom stereocenters. The molecular formula is C13H18BrN3O. The molecule has 1 aliphatic heterocycles. The normalized spacial score (nSPS) is 16.7. The number of nitrogens with one attached hydrogen (secondary N) is 1. The van der Waals surface area contributed by atoms with Gasteiger partial charge in [-0.1, -0.05) is 6.92 Å². The van der Waals surface area contributed by atoms with Crippen LogP contribution in [0.2, 0.25) is 0 Å². The molecule has 4 nitrogen and oxygen atoms in total. The van der Waals surface area contributed by atoms with Crippen molar-refractivity contribution in [2.75, 3.05) is 24.1 Å². The first-order valence-corrected chi connectivity index (χ1v) is 6.96. The van der Waals surface area contributed by atoms with Crippen LogP contribution in [0.1, 0.15) is 19.8 Å². The van der Waals surface area contributed by atoms with Gasteiger partial charge in [0.05, 0.1) is 5.69 Å². The largest absolute Gasteiger partial charge is 0.399 e. The Morgan fingerprint density at radius 2 is 2.11 bits per heavy atom. The summed E-state index contributed by atoms with van der Waals surface area (Å²) in [5, 5.41) is 2.91. The first kappa shape index (κ1) is 13.2. The highest BCUT2D eigenvalue weighted by Gasteiger charge is 2.20. The second kappa shape index (κ2) is 5.61. The Hall–Kier alpha value is -1.23. The molecule has 3 N–H and O–H groups in total. The molecule has 98 valence electrons. The number of anilines is 2. The van der Waals surface area contributed by atoms with Crippen molar-refractivity contribution in [2.24, 2.45) is 5.92 Å².